The average Bonchev–Trinajstić information content (AvgIpc) is 2.60. The zero-order valence-electron chi connectivity index (χ0n) is 15.0. The van der Waals surface area contributed by atoms with Crippen LogP contribution in [-0.4, -0.2) is 26.2 Å². The standard InChI is InChI=1S/C21H30N2/c1-5-22(6-2)20-13-9-18(10-14-20)17-19-11-15-21(16-12-19)23(7-3)8-4/h9-16H,5-8,17H2,1-4H3. The summed E-state index contributed by atoms with van der Waals surface area (Å²) in [5.41, 5.74) is 5.37. The normalized spacial score (nSPS) is 10.6. The summed E-state index contributed by atoms with van der Waals surface area (Å²) in [4.78, 5) is 4.76. The first-order chi connectivity index (χ1) is 11.2. The number of hydrogen-bond acceptors (Lipinski definition) is 2. The molecule has 0 spiro atoms. The molecular weight excluding hydrogens is 280 g/mol. The van der Waals surface area contributed by atoms with Gasteiger partial charge in [0, 0.05) is 37.6 Å². The Morgan fingerprint density at radius 1 is 0.522 bits per heavy atom. The summed E-state index contributed by atoms with van der Waals surface area (Å²) in [6.45, 7) is 13.0. The second-order valence-corrected chi connectivity index (χ2v) is 5.85. The van der Waals surface area contributed by atoms with Crippen LogP contribution in [0.2, 0.25) is 0 Å². The molecule has 0 N–H and O–H groups in total. The summed E-state index contributed by atoms with van der Waals surface area (Å²) in [6, 6.07) is 18.0. The molecule has 0 unspecified atom stereocenters. The summed E-state index contributed by atoms with van der Waals surface area (Å²) in [7, 11) is 0. The van der Waals surface area contributed by atoms with E-state index in [1.807, 2.05) is 0 Å². The molecule has 0 saturated carbocycles. The van der Waals surface area contributed by atoms with Crippen LogP contribution in [0, 0.1) is 0 Å². The second kappa shape index (κ2) is 8.61. The molecule has 0 aliphatic carbocycles. The minimum absolute atomic E-state index is 0.997. The maximum absolute atomic E-state index is 2.38. The van der Waals surface area contributed by atoms with E-state index in [9.17, 15) is 0 Å². The van der Waals surface area contributed by atoms with E-state index < -0.39 is 0 Å². The summed E-state index contributed by atoms with van der Waals surface area (Å²) in [5.74, 6) is 0. The molecule has 0 aliphatic rings. The molecule has 2 heteroatoms. The molecule has 2 rings (SSSR count). The van der Waals surface area contributed by atoms with E-state index in [1.54, 1.807) is 0 Å². The summed E-state index contributed by atoms with van der Waals surface area (Å²) in [6.07, 6.45) is 0.997. The molecule has 0 heterocycles. The molecule has 0 aliphatic heterocycles. The largest absolute Gasteiger partial charge is 0.372 e. The van der Waals surface area contributed by atoms with Gasteiger partial charge in [-0.2, -0.15) is 0 Å². The lowest BCUT2D eigenvalue weighted by molar-refractivity contribution is 0.865. The van der Waals surface area contributed by atoms with Crippen LogP contribution in [0.4, 0.5) is 11.4 Å². The van der Waals surface area contributed by atoms with Gasteiger partial charge in [0.25, 0.3) is 0 Å². The molecule has 0 bridgehead atoms. The van der Waals surface area contributed by atoms with E-state index in [-0.39, 0.29) is 0 Å². The van der Waals surface area contributed by atoms with Crippen molar-refractivity contribution in [2.75, 3.05) is 36.0 Å². The van der Waals surface area contributed by atoms with Crippen molar-refractivity contribution in [1.82, 2.24) is 0 Å². The molecule has 0 fully saturated rings. The number of hydrogen-bond donors (Lipinski definition) is 0. The van der Waals surface area contributed by atoms with Gasteiger partial charge in [-0.3, -0.25) is 0 Å². The quantitative estimate of drug-likeness (QED) is 0.679. The van der Waals surface area contributed by atoms with Crippen molar-refractivity contribution in [2.45, 2.75) is 34.1 Å². The molecule has 23 heavy (non-hydrogen) atoms. The van der Waals surface area contributed by atoms with Crippen LogP contribution in [0.3, 0.4) is 0 Å². The number of rotatable bonds is 8. The third-order valence-corrected chi connectivity index (χ3v) is 4.54. The molecule has 2 nitrogen and oxygen atoms in total. The van der Waals surface area contributed by atoms with Crippen molar-refractivity contribution < 1.29 is 0 Å². The predicted octanol–water partition coefficient (Wildman–Crippen LogP) is 4.97. The van der Waals surface area contributed by atoms with Gasteiger partial charge in [-0.05, 0) is 69.5 Å². The van der Waals surface area contributed by atoms with E-state index in [0.29, 0.717) is 0 Å². The lowest BCUT2D eigenvalue weighted by Crippen LogP contribution is -2.21. The van der Waals surface area contributed by atoms with Gasteiger partial charge >= 0.3 is 0 Å². The highest BCUT2D eigenvalue weighted by molar-refractivity contribution is 5.50. The first-order valence-corrected chi connectivity index (χ1v) is 8.89. The van der Waals surface area contributed by atoms with Gasteiger partial charge in [-0.15, -0.1) is 0 Å². The van der Waals surface area contributed by atoms with E-state index in [2.05, 4.69) is 86.0 Å². The van der Waals surface area contributed by atoms with E-state index >= 15 is 0 Å². The van der Waals surface area contributed by atoms with Gasteiger partial charge in [0.1, 0.15) is 0 Å². The first-order valence-electron chi connectivity index (χ1n) is 8.89. The van der Waals surface area contributed by atoms with Crippen molar-refractivity contribution >= 4 is 11.4 Å². The Balaban J connectivity index is 2.04. The Bertz CT molecular complexity index is 510. The molecule has 0 amide bonds. The molecular formula is C21H30N2. The number of benzene rings is 2. The molecule has 2 aromatic rings. The molecule has 2 aromatic carbocycles. The Hall–Kier alpha value is -1.96. The Morgan fingerprint density at radius 2 is 0.826 bits per heavy atom. The average molecular weight is 310 g/mol. The molecule has 0 saturated heterocycles. The van der Waals surface area contributed by atoms with E-state index in [1.165, 1.54) is 22.5 Å². The van der Waals surface area contributed by atoms with Crippen molar-refractivity contribution in [3.63, 3.8) is 0 Å². The van der Waals surface area contributed by atoms with Crippen LogP contribution in [0.5, 0.6) is 0 Å². The lowest BCUT2D eigenvalue weighted by atomic mass is 10.0. The second-order valence-electron chi connectivity index (χ2n) is 5.85. The van der Waals surface area contributed by atoms with Crippen LogP contribution in [0.25, 0.3) is 0 Å². The highest BCUT2D eigenvalue weighted by atomic mass is 15.1. The van der Waals surface area contributed by atoms with Gasteiger partial charge in [0.05, 0.1) is 0 Å². The van der Waals surface area contributed by atoms with Gasteiger partial charge in [0.15, 0.2) is 0 Å². The monoisotopic (exact) mass is 310 g/mol. The highest BCUT2D eigenvalue weighted by Crippen LogP contribution is 2.19. The topological polar surface area (TPSA) is 6.48 Å². The fourth-order valence-corrected chi connectivity index (χ4v) is 3.06. The smallest absolute Gasteiger partial charge is 0.0366 e. The summed E-state index contributed by atoms with van der Waals surface area (Å²) in [5, 5.41) is 0. The Kier molecular flexibility index (Phi) is 6.52. The van der Waals surface area contributed by atoms with Crippen LogP contribution in [0.1, 0.15) is 38.8 Å². The fraction of sp³-hybridized carbons (Fsp3) is 0.429. The third kappa shape index (κ3) is 4.51. The SMILES string of the molecule is CCN(CC)c1ccc(Cc2ccc(N(CC)CC)cc2)cc1. The van der Waals surface area contributed by atoms with Gasteiger partial charge in [-0.1, -0.05) is 24.3 Å². The number of nitrogens with zero attached hydrogens (tertiary/aromatic N) is 2. The molecule has 124 valence electrons. The zero-order chi connectivity index (χ0) is 16.7. The van der Waals surface area contributed by atoms with Crippen LogP contribution in [-0.2, 0) is 6.42 Å². The van der Waals surface area contributed by atoms with Crippen molar-refractivity contribution in [2.24, 2.45) is 0 Å². The Morgan fingerprint density at radius 3 is 1.09 bits per heavy atom. The van der Waals surface area contributed by atoms with E-state index in [4.69, 9.17) is 0 Å². The van der Waals surface area contributed by atoms with E-state index in [0.717, 1.165) is 32.6 Å². The Labute approximate surface area is 141 Å². The number of anilines is 2. The van der Waals surface area contributed by atoms with Crippen LogP contribution < -0.4 is 9.80 Å². The van der Waals surface area contributed by atoms with Crippen molar-refractivity contribution in [1.29, 1.82) is 0 Å². The molecule has 0 atom stereocenters. The van der Waals surface area contributed by atoms with Crippen LogP contribution in [0.15, 0.2) is 48.5 Å². The predicted molar refractivity (Wildman–Crippen MR) is 103 cm³/mol. The third-order valence-electron chi connectivity index (χ3n) is 4.54. The minimum Gasteiger partial charge on any atom is -0.372 e. The maximum atomic E-state index is 2.38. The van der Waals surface area contributed by atoms with Crippen molar-refractivity contribution in [3.8, 4) is 0 Å². The lowest BCUT2D eigenvalue weighted by Gasteiger charge is -2.21. The fourth-order valence-electron chi connectivity index (χ4n) is 3.06. The van der Waals surface area contributed by atoms with Gasteiger partial charge < -0.3 is 9.80 Å². The summed E-state index contributed by atoms with van der Waals surface area (Å²) >= 11 is 0. The summed E-state index contributed by atoms with van der Waals surface area (Å²) < 4.78 is 0. The first kappa shape index (κ1) is 17.4. The molecule has 0 aromatic heterocycles. The minimum atomic E-state index is 0.997. The zero-order valence-corrected chi connectivity index (χ0v) is 15.0. The molecule has 0 radical (unpaired) electrons. The van der Waals surface area contributed by atoms with Crippen LogP contribution >= 0.6 is 0 Å². The van der Waals surface area contributed by atoms with Gasteiger partial charge in [0.2, 0.25) is 0 Å². The van der Waals surface area contributed by atoms with Gasteiger partial charge in [-0.25, -0.2) is 0 Å². The maximum Gasteiger partial charge on any atom is 0.0366 e. The highest BCUT2D eigenvalue weighted by Gasteiger charge is 2.04. The van der Waals surface area contributed by atoms with Crippen molar-refractivity contribution in [3.05, 3.63) is 59.7 Å².